The van der Waals surface area contributed by atoms with E-state index in [4.69, 9.17) is 4.74 Å². The average molecular weight is 305 g/mol. The van der Waals surface area contributed by atoms with Crippen LogP contribution in [0, 0.1) is 6.92 Å². The molecule has 1 N–H and O–H groups in total. The van der Waals surface area contributed by atoms with Crippen molar-refractivity contribution in [1.82, 2.24) is 5.32 Å². The van der Waals surface area contributed by atoms with Crippen LogP contribution in [0.2, 0.25) is 0 Å². The first-order chi connectivity index (χ1) is 10.5. The Morgan fingerprint density at radius 1 is 1.23 bits per heavy atom. The predicted molar refractivity (Wildman–Crippen MR) is 92.5 cm³/mol. The second-order valence-electron chi connectivity index (χ2n) is 6.18. The van der Waals surface area contributed by atoms with Gasteiger partial charge in [-0.2, -0.15) is 0 Å². The summed E-state index contributed by atoms with van der Waals surface area (Å²) >= 11 is 0. The van der Waals surface area contributed by atoms with E-state index in [1.165, 1.54) is 24.0 Å². The fourth-order valence-corrected chi connectivity index (χ4v) is 2.50. The third-order valence-corrected chi connectivity index (χ3v) is 3.78. The van der Waals surface area contributed by atoms with E-state index in [9.17, 15) is 4.79 Å². The summed E-state index contributed by atoms with van der Waals surface area (Å²) in [5, 5.41) is 2.95. The van der Waals surface area contributed by atoms with Crippen LogP contribution in [-0.2, 0) is 4.79 Å². The van der Waals surface area contributed by atoms with Crippen molar-refractivity contribution in [3.63, 3.8) is 0 Å². The first kappa shape index (κ1) is 18.5. The summed E-state index contributed by atoms with van der Waals surface area (Å²) in [6, 6.07) is 6.24. The molecule has 1 rings (SSSR count). The van der Waals surface area contributed by atoms with Gasteiger partial charge in [-0.05, 0) is 48.9 Å². The minimum Gasteiger partial charge on any atom is -0.494 e. The summed E-state index contributed by atoms with van der Waals surface area (Å²) in [5.74, 6) is 1.56. The fraction of sp³-hybridized carbons (Fsp3) is 0.632. The average Bonchev–Trinajstić information content (AvgIpc) is 2.48. The molecule has 0 aromatic heterocycles. The number of rotatable bonds is 10. The van der Waals surface area contributed by atoms with E-state index in [1.807, 2.05) is 6.07 Å². The Hall–Kier alpha value is -1.51. The summed E-state index contributed by atoms with van der Waals surface area (Å²) in [6.07, 6.45) is 4.72. The van der Waals surface area contributed by atoms with Crippen molar-refractivity contribution in [2.75, 3.05) is 13.2 Å². The van der Waals surface area contributed by atoms with Gasteiger partial charge in [-0.1, -0.05) is 39.7 Å². The monoisotopic (exact) mass is 305 g/mol. The summed E-state index contributed by atoms with van der Waals surface area (Å²) in [6.45, 7) is 10.1. The molecule has 0 aliphatic carbocycles. The molecule has 0 saturated carbocycles. The maximum atomic E-state index is 11.6. The number of hydrogen-bond acceptors (Lipinski definition) is 2. The van der Waals surface area contributed by atoms with Crippen LogP contribution in [0.5, 0.6) is 5.75 Å². The number of ether oxygens (including phenoxy) is 1. The van der Waals surface area contributed by atoms with Crippen molar-refractivity contribution in [2.45, 2.75) is 65.7 Å². The van der Waals surface area contributed by atoms with Crippen molar-refractivity contribution in [3.8, 4) is 5.75 Å². The Bertz CT molecular complexity index is 455. The van der Waals surface area contributed by atoms with Crippen LogP contribution in [0.25, 0.3) is 0 Å². The number of carbonyl (C=O) groups is 1. The Balaban J connectivity index is 2.22. The van der Waals surface area contributed by atoms with Gasteiger partial charge in [0, 0.05) is 13.0 Å². The smallest absolute Gasteiger partial charge is 0.220 e. The number of nitrogens with one attached hydrogen (secondary N) is 1. The van der Waals surface area contributed by atoms with Crippen LogP contribution in [0.1, 0.15) is 69.9 Å². The van der Waals surface area contributed by atoms with E-state index in [0.29, 0.717) is 18.9 Å². The second-order valence-corrected chi connectivity index (χ2v) is 6.18. The molecule has 0 heterocycles. The van der Waals surface area contributed by atoms with Gasteiger partial charge in [0.1, 0.15) is 5.75 Å². The molecule has 3 heteroatoms. The van der Waals surface area contributed by atoms with Gasteiger partial charge in [-0.3, -0.25) is 4.79 Å². The largest absolute Gasteiger partial charge is 0.494 e. The van der Waals surface area contributed by atoms with Gasteiger partial charge >= 0.3 is 0 Å². The van der Waals surface area contributed by atoms with E-state index in [1.54, 1.807) is 0 Å². The molecule has 0 unspecified atom stereocenters. The van der Waals surface area contributed by atoms with E-state index >= 15 is 0 Å². The minimum absolute atomic E-state index is 0.131. The molecule has 3 nitrogen and oxygen atoms in total. The van der Waals surface area contributed by atoms with Crippen molar-refractivity contribution in [2.24, 2.45) is 0 Å². The molecule has 0 fully saturated rings. The Kier molecular flexibility index (Phi) is 8.64. The number of amides is 1. The summed E-state index contributed by atoms with van der Waals surface area (Å²) in [4.78, 5) is 11.6. The third-order valence-electron chi connectivity index (χ3n) is 3.78. The molecular weight excluding hydrogens is 274 g/mol. The SMILES string of the molecule is CCCCCNC(=O)CCCOc1ccc(C(C)C)c(C)c1. The van der Waals surface area contributed by atoms with Crippen molar-refractivity contribution >= 4 is 5.91 Å². The molecule has 0 saturated heterocycles. The van der Waals surface area contributed by atoms with Crippen molar-refractivity contribution in [3.05, 3.63) is 29.3 Å². The van der Waals surface area contributed by atoms with Gasteiger partial charge in [0.2, 0.25) is 5.91 Å². The van der Waals surface area contributed by atoms with Crippen LogP contribution >= 0.6 is 0 Å². The van der Waals surface area contributed by atoms with E-state index in [2.05, 4.69) is 45.1 Å². The zero-order chi connectivity index (χ0) is 16.4. The standard InChI is InChI=1S/C19H31NO2/c1-5-6-7-12-20-19(21)9-8-13-22-17-10-11-18(15(2)3)16(4)14-17/h10-11,14-15H,5-9,12-13H2,1-4H3,(H,20,21). The fourth-order valence-electron chi connectivity index (χ4n) is 2.50. The molecule has 1 aromatic carbocycles. The molecule has 0 aliphatic rings. The van der Waals surface area contributed by atoms with E-state index < -0.39 is 0 Å². The Labute approximate surface area is 135 Å². The van der Waals surface area contributed by atoms with Crippen LogP contribution in [0.4, 0.5) is 0 Å². The molecule has 0 atom stereocenters. The maximum absolute atomic E-state index is 11.6. The van der Waals surface area contributed by atoms with Gasteiger partial charge in [0.05, 0.1) is 6.61 Å². The lowest BCUT2D eigenvalue weighted by atomic mass is 9.98. The van der Waals surface area contributed by atoms with Crippen LogP contribution in [0.3, 0.4) is 0 Å². The maximum Gasteiger partial charge on any atom is 0.220 e. The highest BCUT2D eigenvalue weighted by Crippen LogP contribution is 2.23. The van der Waals surface area contributed by atoms with Gasteiger partial charge in [0.25, 0.3) is 0 Å². The number of carbonyl (C=O) groups excluding carboxylic acids is 1. The quantitative estimate of drug-likeness (QED) is 0.642. The number of hydrogen-bond donors (Lipinski definition) is 1. The number of aryl methyl sites for hydroxylation is 1. The highest BCUT2D eigenvalue weighted by Gasteiger charge is 2.05. The molecule has 22 heavy (non-hydrogen) atoms. The summed E-state index contributed by atoms with van der Waals surface area (Å²) < 4.78 is 5.74. The lowest BCUT2D eigenvalue weighted by molar-refractivity contribution is -0.121. The van der Waals surface area contributed by atoms with Crippen LogP contribution in [-0.4, -0.2) is 19.1 Å². The van der Waals surface area contributed by atoms with Gasteiger partial charge in [0.15, 0.2) is 0 Å². The van der Waals surface area contributed by atoms with E-state index in [-0.39, 0.29) is 5.91 Å². The lowest BCUT2D eigenvalue weighted by Crippen LogP contribution is -2.24. The van der Waals surface area contributed by atoms with Crippen molar-refractivity contribution in [1.29, 1.82) is 0 Å². The first-order valence-electron chi connectivity index (χ1n) is 8.54. The van der Waals surface area contributed by atoms with Crippen molar-refractivity contribution < 1.29 is 9.53 Å². The first-order valence-corrected chi connectivity index (χ1v) is 8.54. The van der Waals surface area contributed by atoms with Gasteiger partial charge in [-0.25, -0.2) is 0 Å². The number of unbranched alkanes of at least 4 members (excludes halogenated alkanes) is 2. The highest BCUT2D eigenvalue weighted by molar-refractivity contribution is 5.75. The molecule has 0 aliphatic heterocycles. The van der Waals surface area contributed by atoms with E-state index in [0.717, 1.165) is 25.1 Å². The molecule has 0 radical (unpaired) electrons. The second kappa shape index (κ2) is 10.3. The molecule has 1 aromatic rings. The topological polar surface area (TPSA) is 38.3 Å². The van der Waals surface area contributed by atoms with Gasteiger partial charge < -0.3 is 10.1 Å². The normalized spacial score (nSPS) is 10.8. The molecule has 0 bridgehead atoms. The minimum atomic E-state index is 0.131. The summed E-state index contributed by atoms with van der Waals surface area (Å²) in [5.41, 5.74) is 2.62. The molecule has 1 amide bonds. The zero-order valence-corrected chi connectivity index (χ0v) is 14.6. The predicted octanol–water partition coefficient (Wildman–Crippen LogP) is 4.58. The lowest BCUT2D eigenvalue weighted by Gasteiger charge is -2.12. The van der Waals surface area contributed by atoms with Gasteiger partial charge in [-0.15, -0.1) is 0 Å². The Morgan fingerprint density at radius 2 is 2.00 bits per heavy atom. The molecule has 0 spiro atoms. The number of benzene rings is 1. The molecule has 124 valence electrons. The Morgan fingerprint density at radius 3 is 2.64 bits per heavy atom. The van der Waals surface area contributed by atoms with Crippen LogP contribution in [0.15, 0.2) is 18.2 Å². The van der Waals surface area contributed by atoms with Crippen LogP contribution < -0.4 is 10.1 Å². The third kappa shape index (κ3) is 6.97. The summed E-state index contributed by atoms with van der Waals surface area (Å²) in [7, 11) is 0. The molecular formula is C19H31NO2. The highest BCUT2D eigenvalue weighted by atomic mass is 16.5. The zero-order valence-electron chi connectivity index (χ0n) is 14.6.